The number of ether oxygens (including phenoxy) is 2. The topological polar surface area (TPSA) is 77.1 Å². The summed E-state index contributed by atoms with van der Waals surface area (Å²) >= 11 is 0. The molecule has 1 aliphatic rings. The molecule has 9 heteroatoms. The molecule has 4 rings (SSSR count). The quantitative estimate of drug-likeness (QED) is 0.350. The van der Waals surface area contributed by atoms with Gasteiger partial charge in [-0.3, -0.25) is 0 Å². The van der Waals surface area contributed by atoms with Crippen LogP contribution in [0.3, 0.4) is 0 Å². The summed E-state index contributed by atoms with van der Waals surface area (Å²) < 4.78 is 51.8. The molecule has 0 amide bonds. The molecule has 158 valence electrons. The van der Waals surface area contributed by atoms with E-state index in [9.17, 15) is 23.2 Å². The Bertz CT molecular complexity index is 1200. The van der Waals surface area contributed by atoms with E-state index < -0.39 is 17.7 Å². The summed E-state index contributed by atoms with van der Waals surface area (Å²) in [6.07, 6.45) is -0.414. The van der Waals surface area contributed by atoms with Gasteiger partial charge in [-0.25, -0.2) is 9.78 Å². The van der Waals surface area contributed by atoms with Crippen molar-refractivity contribution in [3.8, 4) is 6.07 Å². The number of fused-ring (bicyclic) bond motifs is 1. The predicted molar refractivity (Wildman–Crippen MR) is 105 cm³/mol. The van der Waals surface area contributed by atoms with Gasteiger partial charge in [0.05, 0.1) is 18.8 Å². The summed E-state index contributed by atoms with van der Waals surface area (Å²) in [5.41, 5.74) is 0.0482. The van der Waals surface area contributed by atoms with Crippen LogP contribution in [0.25, 0.3) is 17.1 Å². The van der Waals surface area contributed by atoms with Crippen molar-refractivity contribution in [1.82, 2.24) is 9.55 Å². The van der Waals surface area contributed by atoms with Crippen molar-refractivity contribution in [3.63, 3.8) is 0 Å². The van der Waals surface area contributed by atoms with E-state index in [1.165, 1.54) is 24.4 Å². The van der Waals surface area contributed by atoms with Crippen LogP contribution in [0.1, 0.15) is 16.7 Å². The molecule has 3 aromatic rings. The Morgan fingerprint density at radius 1 is 1.29 bits per heavy atom. The van der Waals surface area contributed by atoms with Crippen LogP contribution in [0.15, 0.2) is 54.4 Å². The number of nitrogens with zero attached hydrogens (tertiary/aromatic N) is 3. The molecule has 0 bridgehead atoms. The molecule has 0 unspecified atom stereocenters. The van der Waals surface area contributed by atoms with Crippen molar-refractivity contribution in [2.24, 2.45) is 0 Å². The zero-order valence-corrected chi connectivity index (χ0v) is 16.1. The minimum Gasteiger partial charge on any atom is -0.453 e. The lowest BCUT2D eigenvalue weighted by molar-refractivity contribution is -0.167. The van der Waals surface area contributed by atoms with Crippen LogP contribution in [0, 0.1) is 11.3 Å². The first kappa shape index (κ1) is 20.6. The first-order valence-corrected chi connectivity index (χ1v) is 9.36. The third-order valence-electron chi connectivity index (χ3n) is 4.85. The Morgan fingerprint density at radius 2 is 2.06 bits per heavy atom. The van der Waals surface area contributed by atoms with Gasteiger partial charge in [0.1, 0.15) is 23.4 Å². The molecule has 0 atom stereocenters. The minimum absolute atomic E-state index is 0.0806. The molecule has 1 saturated heterocycles. The molecule has 0 saturated carbocycles. The lowest BCUT2D eigenvalue weighted by Crippen LogP contribution is -2.38. The third kappa shape index (κ3) is 4.29. The van der Waals surface area contributed by atoms with E-state index in [2.05, 4.69) is 4.98 Å². The monoisotopic (exact) mass is 427 g/mol. The second-order valence-electron chi connectivity index (χ2n) is 6.98. The average molecular weight is 427 g/mol. The summed E-state index contributed by atoms with van der Waals surface area (Å²) in [4.78, 5) is 16.5. The molecule has 6 nitrogen and oxygen atoms in total. The maximum Gasteiger partial charge on any atom is 0.416 e. The van der Waals surface area contributed by atoms with Gasteiger partial charge in [-0.05, 0) is 29.8 Å². The van der Waals surface area contributed by atoms with E-state index >= 15 is 0 Å². The largest absolute Gasteiger partial charge is 0.453 e. The van der Waals surface area contributed by atoms with Crippen molar-refractivity contribution in [1.29, 1.82) is 5.26 Å². The summed E-state index contributed by atoms with van der Waals surface area (Å²) in [6.45, 7) is 0.487. The standard InChI is InChI=1S/C22H16F3N3O3/c23-22(24,25)19-6-2-1-4-14(19)10-28-11-16(18-5-3-7-27-20(18)28)8-15(9-26)21(29)31-17-12-30-13-17/h1-8,11,17H,10,12-13H2/b15-8+. The third-order valence-corrected chi connectivity index (χ3v) is 4.85. The van der Waals surface area contributed by atoms with Gasteiger partial charge < -0.3 is 14.0 Å². The summed E-state index contributed by atoms with van der Waals surface area (Å²) in [5, 5.41) is 10.0. The zero-order chi connectivity index (χ0) is 22.0. The maximum atomic E-state index is 13.4. The van der Waals surface area contributed by atoms with E-state index in [1.807, 2.05) is 6.07 Å². The fourth-order valence-electron chi connectivity index (χ4n) is 3.29. The highest BCUT2D eigenvalue weighted by Gasteiger charge is 2.33. The number of carbonyl (C=O) groups is 1. The molecule has 0 N–H and O–H groups in total. The van der Waals surface area contributed by atoms with Crippen LogP contribution in [0.4, 0.5) is 13.2 Å². The molecular formula is C22H16F3N3O3. The van der Waals surface area contributed by atoms with Gasteiger partial charge in [0.15, 0.2) is 0 Å². The van der Waals surface area contributed by atoms with Crippen LogP contribution < -0.4 is 0 Å². The normalized spacial score (nSPS) is 14.8. The number of rotatable bonds is 5. The molecule has 1 fully saturated rings. The summed E-state index contributed by atoms with van der Waals surface area (Å²) in [7, 11) is 0. The Kier molecular flexibility index (Phi) is 5.48. The van der Waals surface area contributed by atoms with Crippen molar-refractivity contribution in [3.05, 3.63) is 71.1 Å². The van der Waals surface area contributed by atoms with Gasteiger partial charge in [-0.2, -0.15) is 18.4 Å². The van der Waals surface area contributed by atoms with Crippen LogP contribution in [0.2, 0.25) is 0 Å². The first-order valence-electron chi connectivity index (χ1n) is 9.36. The number of esters is 1. The second-order valence-corrected chi connectivity index (χ2v) is 6.98. The van der Waals surface area contributed by atoms with Crippen LogP contribution in [-0.2, 0) is 27.0 Å². The molecule has 31 heavy (non-hydrogen) atoms. The molecule has 1 aromatic carbocycles. The number of benzene rings is 1. The van der Waals surface area contributed by atoms with Crippen molar-refractivity contribution < 1.29 is 27.4 Å². The Hall–Kier alpha value is -3.64. The SMILES string of the molecule is N#C/C(=C\c1cn(Cc2ccccc2C(F)(F)F)c2ncccc12)C(=O)OC1COC1. The van der Waals surface area contributed by atoms with E-state index in [4.69, 9.17) is 9.47 Å². The number of halogens is 3. The lowest BCUT2D eigenvalue weighted by Gasteiger charge is -2.25. The Morgan fingerprint density at radius 3 is 2.74 bits per heavy atom. The lowest BCUT2D eigenvalue weighted by atomic mass is 10.1. The average Bonchev–Trinajstić information content (AvgIpc) is 3.06. The first-order chi connectivity index (χ1) is 14.9. The van der Waals surface area contributed by atoms with Gasteiger partial charge >= 0.3 is 12.1 Å². The number of alkyl halides is 3. The molecule has 0 spiro atoms. The van der Waals surface area contributed by atoms with Crippen LogP contribution in [-0.4, -0.2) is 34.8 Å². The van der Waals surface area contributed by atoms with E-state index in [0.717, 1.165) is 6.07 Å². The van der Waals surface area contributed by atoms with Gasteiger partial charge in [-0.15, -0.1) is 0 Å². The number of aromatic nitrogens is 2. The highest BCUT2D eigenvalue weighted by Crippen LogP contribution is 2.33. The fourth-order valence-corrected chi connectivity index (χ4v) is 3.29. The maximum absolute atomic E-state index is 13.4. The van der Waals surface area contributed by atoms with Crippen LogP contribution in [0.5, 0.6) is 0 Å². The molecular weight excluding hydrogens is 411 g/mol. The van der Waals surface area contributed by atoms with Gasteiger partial charge in [-0.1, -0.05) is 18.2 Å². The zero-order valence-electron chi connectivity index (χ0n) is 16.1. The van der Waals surface area contributed by atoms with Gasteiger partial charge in [0.25, 0.3) is 0 Å². The number of hydrogen-bond donors (Lipinski definition) is 0. The predicted octanol–water partition coefficient (Wildman–Crippen LogP) is 3.95. The second kappa shape index (κ2) is 8.24. The van der Waals surface area contributed by atoms with E-state index in [1.54, 1.807) is 29.0 Å². The smallest absolute Gasteiger partial charge is 0.416 e. The van der Waals surface area contributed by atoms with Crippen molar-refractivity contribution in [2.45, 2.75) is 18.8 Å². The number of hydrogen-bond acceptors (Lipinski definition) is 5. The highest BCUT2D eigenvalue weighted by atomic mass is 19.4. The Labute approximate surface area is 175 Å². The van der Waals surface area contributed by atoms with E-state index in [0.29, 0.717) is 16.6 Å². The van der Waals surface area contributed by atoms with Crippen molar-refractivity contribution >= 4 is 23.1 Å². The molecule has 3 heterocycles. The number of nitriles is 1. The van der Waals surface area contributed by atoms with Crippen molar-refractivity contribution in [2.75, 3.05) is 13.2 Å². The van der Waals surface area contributed by atoms with Gasteiger partial charge in [0.2, 0.25) is 0 Å². The van der Waals surface area contributed by atoms with Gasteiger partial charge in [0, 0.05) is 29.9 Å². The molecule has 2 aromatic heterocycles. The van der Waals surface area contributed by atoms with E-state index in [-0.39, 0.29) is 37.0 Å². The molecule has 1 aliphatic heterocycles. The molecule has 0 aliphatic carbocycles. The minimum atomic E-state index is -4.49. The summed E-state index contributed by atoms with van der Waals surface area (Å²) in [6, 6.07) is 10.5. The molecule has 0 radical (unpaired) electrons. The van der Waals surface area contributed by atoms with Crippen LogP contribution >= 0.6 is 0 Å². The highest BCUT2D eigenvalue weighted by molar-refractivity contribution is 6.00. The Balaban J connectivity index is 1.72. The number of carbonyl (C=O) groups excluding carboxylic acids is 1. The number of pyridine rings is 1. The summed E-state index contributed by atoms with van der Waals surface area (Å²) in [5.74, 6) is -0.775. The fraction of sp³-hybridized carbons (Fsp3) is 0.227.